The van der Waals surface area contributed by atoms with E-state index in [1.807, 2.05) is 11.9 Å². The molecule has 0 radical (unpaired) electrons. The number of benzene rings is 1. The highest BCUT2D eigenvalue weighted by molar-refractivity contribution is 7.18. The zero-order chi connectivity index (χ0) is 18.0. The monoisotopic (exact) mass is 407 g/mol. The first kappa shape index (κ1) is 20.9. The van der Waals surface area contributed by atoms with Crippen LogP contribution in [0.15, 0.2) is 18.2 Å². The van der Waals surface area contributed by atoms with Gasteiger partial charge in [-0.1, -0.05) is 0 Å². The fourth-order valence-corrected chi connectivity index (χ4v) is 4.02. The molecule has 0 spiro atoms. The number of alkyl halides is 3. The number of nitrogens with zero attached hydrogens (tertiary/aromatic N) is 2. The largest absolute Gasteiger partial charge is 0.416 e. The van der Waals surface area contributed by atoms with Gasteiger partial charge in [-0.3, -0.25) is 4.79 Å². The van der Waals surface area contributed by atoms with Crippen molar-refractivity contribution in [3.8, 4) is 0 Å². The van der Waals surface area contributed by atoms with Crippen LogP contribution in [-0.2, 0) is 17.4 Å². The van der Waals surface area contributed by atoms with E-state index in [1.54, 1.807) is 0 Å². The van der Waals surface area contributed by atoms with E-state index < -0.39 is 11.7 Å². The molecule has 0 bridgehead atoms. The number of carbonyl (C=O) groups excluding carboxylic acids is 1. The van der Waals surface area contributed by atoms with Gasteiger partial charge in [-0.15, -0.1) is 23.7 Å². The molecule has 1 amide bonds. The van der Waals surface area contributed by atoms with Gasteiger partial charge in [0, 0.05) is 32.0 Å². The minimum atomic E-state index is -4.37. The SMILES string of the molecule is CNC1CCCN(C(=O)CCc2nc3cc(C(F)(F)F)ccc3s2)C1.Cl. The standard InChI is InChI=1S/C17H20F3N3OS.ClH/c1-21-12-3-2-8-23(10-12)16(24)7-6-15-22-13-9-11(17(18,19)20)4-5-14(13)25-15;/h4-5,9,12,21H,2-3,6-8,10H2,1H3;1H. The molecular formula is C17H21ClF3N3OS. The lowest BCUT2D eigenvalue weighted by atomic mass is 10.1. The molecule has 2 heterocycles. The molecule has 1 aliphatic rings. The van der Waals surface area contributed by atoms with Crippen molar-refractivity contribution in [3.63, 3.8) is 0 Å². The predicted octanol–water partition coefficient (Wildman–Crippen LogP) is 3.88. The van der Waals surface area contributed by atoms with Crippen molar-refractivity contribution < 1.29 is 18.0 Å². The maximum Gasteiger partial charge on any atom is 0.416 e. The maximum atomic E-state index is 12.8. The first-order valence-electron chi connectivity index (χ1n) is 8.28. The molecule has 1 unspecified atom stereocenters. The minimum absolute atomic E-state index is 0. The Morgan fingerprint density at radius 2 is 2.19 bits per heavy atom. The van der Waals surface area contributed by atoms with Crippen LogP contribution in [0.3, 0.4) is 0 Å². The third kappa shape index (κ3) is 4.86. The normalized spacial score (nSPS) is 18.0. The number of nitrogens with one attached hydrogen (secondary N) is 1. The van der Waals surface area contributed by atoms with Crippen molar-refractivity contribution in [3.05, 3.63) is 28.8 Å². The molecule has 1 atom stereocenters. The second kappa shape index (κ2) is 8.54. The van der Waals surface area contributed by atoms with Gasteiger partial charge in [0.25, 0.3) is 0 Å². The topological polar surface area (TPSA) is 45.2 Å². The highest BCUT2D eigenvalue weighted by Crippen LogP contribution is 2.33. The van der Waals surface area contributed by atoms with Crippen molar-refractivity contribution in [1.29, 1.82) is 0 Å². The average Bonchev–Trinajstić information content (AvgIpc) is 3.01. The summed E-state index contributed by atoms with van der Waals surface area (Å²) in [6.07, 6.45) is -1.52. The van der Waals surface area contributed by atoms with Gasteiger partial charge in [0.2, 0.25) is 5.91 Å². The van der Waals surface area contributed by atoms with Crippen LogP contribution in [0.4, 0.5) is 13.2 Å². The Morgan fingerprint density at radius 1 is 1.42 bits per heavy atom. The second-order valence-corrected chi connectivity index (χ2v) is 7.37. The summed E-state index contributed by atoms with van der Waals surface area (Å²) in [5, 5.41) is 3.90. The summed E-state index contributed by atoms with van der Waals surface area (Å²) >= 11 is 1.35. The number of hydrogen-bond donors (Lipinski definition) is 1. The van der Waals surface area contributed by atoms with Crippen LogP contribution >= 0.6 is 23.7 Å². The Morgan fingerprint density at radius 3 is 2.88 bits per heavy atom. The minimum Gasteiger partial charge on any atom is -0.341 e. The number of aryl methyl sites for hydroxylation is 1. The van der Waals surface area contributed by atoms with Gasteiger partial charge >= 0.3 is 6.18 Å². The predicted molar refractivity (Wildman–Crippen MR) is 98.9 cm³/mol. The van der Waals surface area contributed by atoms with Crippen LogP contribution < -0.4 is 5.32 Å². The van der Waals surface area contributed by atoms with E-state index in [1.165, 1.54) is 17.4 Å². The van der Waals surface area contributed by atoms with E-state index in [-0.39, 0.29) is 18.3 Å². The molecule has 2 aromatic rings. The number of fused-ring (bicyclic) bond motifs is 1. The van der Waals surface area contributed by atoms with Crippen molar-refractivity contribution in [2.75, 3.05) is 20.1 Å². The van der Waals surface area contributed by atoms with E-state index in [9.17, 15) is 18.0 Å². The summed E-state index contributed by atoms with van der Waals surface area (Å²) in [6.45, 7) is 1.48. The Balaban J connectivity index is 0.00000243. The lowest BCUT2D eigenvalue weighted by Crippen LogP contribution is -2.47. The number of halogens is 4. The Bertz CT molecular complexity index is 765. The fourth-order valence-electron chi connectivity index (χ4n) is 3.07. The number of likely N-dealkylation sites (tertiary alicyclic amines) is 1. The maximum absolute atomic E-state index is 12.8. The smallest absolute Gasteiger partial charge is 0.341 e. The number of hydrogen-bond acceptors (Lipinski definition) is 4. The van der Waals surface area contributed by atoms with Crippen LogP contribution in [0.5, 0.6) is 0 Å². The second-order valence-electron chi connectivity index (χ2n) is 6.26. The average molecular weight is 408 g/mol. The van der Waals surface area contributed by atoms with Gasteiger partial charge in [-0.2, -0.15) is 13.2 Å². The molecule has 1 aromatic carbocycles. The summed E-state index contributed by atoms with van der Waals surface area (Å²) in [6, 6.07) is 3.92. The third-order valence-corrected chi connectivity index (χ3v) is 5.59. The number of thiazole rings is 1. The number of carbonyl (C=O) groups is 1. The van der Waals surface area contributed by atoms with E-state index in [0.29, 0.717) is 40.7 Å². The van der Waals surface area contributed by atoms with Crippen LogP contribution in [-0.4, -0.2) is 42.0 Å². The number of piperidine rings is 1. The summed E-state index contributed by atoms with van der Waals surface area (Å²) in [5.74, 6) is 0.0789. The van der Waals surface area contributed by atoms with E-state index >= 15 is 0 Å². The molecule has 1 aromatic heterocycles. The molecule has 26 heavy (non-hydrogen) atoms. The molecule has 1 fully saturated rings. The number of aromatic nitrogens is 1. The fraction of sp³-hybridized carbons (Fsp3) is 0.529. The van der Waals surface area contributed by atoms with Gasteiger partial charge in [-0.25, -0.2) is 4.98 Å². The highest BCUT2D eigenvalue weighted by Gasteiger charge is 2.30. The van der Waals surface area contributed by atoms with Crippen LogP contribution in [0.25, 0.3) is 10.2 Å². The Hall–Kier alpha value is -1.38. The zero-order valence-corrected chi connectivity index (χ0v) is 15.9. The number of likely N-dealkylation sites (N-methyl/N-ethyl adjacent to an activating group) is 1. The van der Waals surface area contributed by atoms with Gasteiger partial charge in [0.1, 0.15) is 0 Å². The summed E-state index contributed by atoms with van der Waals surface area (Å²) < 4.78 is 39.0. The molecule has 1 saturated heterocycles. The first-order chi connectivity index (χ1) is 11.9. The van der Waals surface area contributed by atoms with Gasteiger partial charge in [-0.05, 0) is 38.1 Å². The van der Waals surface area contributed by atoms with Gasteiger partial charge in [0.15, 0.2) is 0 Å². The first-order valence-corrected chi connectivity index (χ1v) is 9.10. The summed E-state index contributed by atoms with van der Waals surface area (Å²) in [5.41, 5.74) is -0.352. The molecule has 0 saturated carbocycles. The molecule has 1 aliphatic heterocycles. The molecule has 4 nitrogen and oxygen atoms in total. The molecule has 1 N–H and O–H groups in total. The summed E-state index contributed by atoms with van der Waals surface area (Å²) in [4.78, 5) is 18.5. The van der Waals surface area contributed by atoms with Crippen molar-refractivity contribution in [2.24, 2.45) is 0 Å². The number of amides is 1. The zero-order valence-electron chi connectivity index (χ0n) is 14.3. The molecule has 144 valence electrons. The highest BCUT2D eigenvalue weighted by atomic mass is 35.5. The Labute approximate surface area is 160 Å². The van der Waals surface area contributed by atoms with Crippen LogP contribution in [0.1, 0.15) is 29.8 Å². The molecular weight excluding hydrogens is 387 g/mol. The quantitative estimate of drug-likeness (QED) is 0.836. The number of rotatable bonds is 4. The van der Waals surface area contributed by atoms with Crippen molar-refractivity contribution >= 4 is 39.9 Å². The van der Waals surface area contributed by atoms with E-state index in [0.717, 1.165) is 31.5 Å². The molecule has 3 rings (SSSR count). The third-order valence-electron chi connectivity index (χ3n) is 4.49. The van der Waals surface area contributed by atoms with E-state index in [4.69, 9.17) is 0 Å². The molecule has 9 heteroatoms. The Kier molecular flexibility index (Phi) is 6.87. The summed E-state index contributed by atoms with van der Waals surface area (Å²) in [7, 11) is 1.90. The lowest BCUT2D eigenvalue weighted by Gasteiger charge is -2.32. The van der Waals surface area contributed by atoms with Crippen LogP contribution in [0.2, 0.25) is 0 Å². The van der Waals surface area contributed by atoms with Gasteiger partial charge < -0.3 is 10.2 Å². The van der Waals surface area contributed by atoms with E-state index in [2.05, 4.69) is 10.3 Å². The van der Waals surface area contributed by atoms with Gasteiger partial charge in [0.05, 0.1) is 20.8 Å². The van der Waals surface area contributed by atoms with Crippen molar-refractivity contribution in [2.45, 2.75) is 37.9 Å². The van der Waals surface area contributed by atoms with Crippen molar-refractivity contribution in [1.82, 2.24) is 15.2 Å². The van der Waals surface area contributed by atoms with Crippen LogP contribution in [0, 0.1) is 0 Å². The lowest BCUT2D eigenvalue weighted by molar-refractivity contribution is -0.137. The molecule has 0 aliphatic carbocycles.